The third kappa shape index (κ3) is 2.34. The van der Waals surface area contributed by atoms with E-state index in [1.165, 1.54) is 6.07 Å². The molecular weight excluding hydrogens is 197 g/mol. The molecule has 0 bridgehead atoms. The van der Waals surface area contributed by atoms with E-state index in [-0.39, 0.29) is 18.2 Å². The van der Waals surface area contributed by atoms with E-state index in [4.69, 9.17) is 9.26 Å². The molecule has 0 atom stereocenters. The third-order valence-corrected chi connectivity index (χ3v) is 1.89. The molecule has 3 nitrogen and oxygen atoms in total. The standard InChI is InChI=1S/C11H10FNO2/c1-8-6-9(13-15-8)7-14-11-5-3-2-4-10(11)12/h2-6H,7H2,1H3. The minimum absolute atomic E-state index is 0.207. The lowest BCUT2D eigenvalue weighted by molar-refractivity contribution is 0.275. The summed E-state index contributed by atoms with van der Waals surface area (Å²) in [7, 11) is 0. The number of halogens is 1. The molecule has 0 radical (unpaired) electrons. The molecule has 0 saturated carbocycles. The molecule has 2 rings (SSSR count). The second-order valence-corrected chi connectivity index (χ2v) is 3.15. The summed E-state index contributed by atoms with van der Waals surface area (Å²) in [5.74, 6) is 0.554. The van der Waals surface area contributed by atoms with Crippen LogP contribution >= 0.6 is 0 Å². The van der Waals surface area contributed by atoms with E-state index in [1.807, 2.05) is 0 Å². The fourth-order valence-corrected chi connectivity index (χ4v) is 1.20. The van der Waals surface area contributed by atoms with Gasteiger partial charge in [-0.15, -0.1) is 0 Å². The molecule has 0 saturated heterocycles. The number of rotatable bonds is 3. The van der Waals surface area contributed by atoms with Crippen LogP contribution in [0.3, 0.4) is 0 Å². The summed E-state index contributed by atoms with van der Waals surface area (Å²) >= 11 is 0. The Morgan fingerprint density at radius 1 is 1.40 bits per heavy atom. The monoisotopic (exact) mass is 207 g/mol. The van der Waals surface area contributed by atoms with Crippen LogP contribution in [0.2, 0.25) is 0 Å². The minimum Gasteiger partial charge on any atom is -0.484 e. The number of ether oxygens (including phenoxy) is 1. The summed E-state index contributed by atoms with van der Waals surface area (Å²) in [5, 5.41) is 3.74. The smallest absolute Gasteiger partial charge is 0.165 e. The molecule has 0 unspecified atom stereocenters. The van der Waals surface area contributed by atoms with E-state index in [1.54, 1.807) is 31.2 Å². The average Bonchev–Trinajstić information content (AvgIpc) is 2.63. The number of nitrogens with zero attached hydrogens (tertiary/aromatic N) is 1. The Hall–Kier alpha value is -1.84. The molecule has 1 heterocycles. The van der Waals surface area contributed by atoms with Crippen molar-refractivity contribution in [2.75, 3.05) is 0 Å². The van der Waals surface area contributed by atoms with Crippen molar-refractivity contribution in [1.82, 2.24) is 5.16 Å². The van der Waals surface area contributed by atoms with Gasteiger partial charge in [0.15, 0.2) is 11.6 Å². The molecule has 1 aromatic carbocycles. The SMILES string of the molecule is Cc1cc(COc2ccccc2F)no1. The lowest BCUT2D eigenvalue weighted by atomic mass is 10.3. The average molecular weight is 207 g/mol. The van der Waals surface area contributed by atoms with E-state index in [2.05, 4.69) is 5.16 Å². The Bertz CT molecular complexity index is 453. The van der Waals surface area contributed by atoms with Crippen molar-refractivity contribution in [3.05, 3.63) is 47.6 Å². The number of hydrogen-bond donors (Lipinski definition) is 0. The number of aryl methyl sites for hydroxylation is 1. The molecule has 1 aromatic heterocycles. The highest BCUT2D eigenvalue weighted by Gasteiger charge is 2.04. The van der Waals surface area contributed by atoms with Crippen LogP contribution in [-0.4, -0.2) is 5.16 Å². The fourth-order valence-electron chi connectivity index (χ4n) is 1.20. The first kappa shape index (κ1) is 9.71. The van der Waals surface area contributed by atoms with Gasteiger partial charge in [-0.05, 0) is 19.1 Å². The highest BCUT2D eigenvalue weighted by atomic mass is 19.1. The lowest BCUT2D eigenvalue weighted by Crippen LogP contribution is -1.97. The molecule has 2 aromatic rings. The van der Waals surface area contributed by atoms with E-state index in [0.29, 0.717) is 11.5 Å². The predicted molar refractivity (Wildman–Crippen MR) is 52.0 cm³/mol. The van der Waals surface area contributed by atoms with Gasteiger partial charge in [0.05, 0.1) is 0 Å². The van der Waals surface area contributed by atoms with Crippen molar-refractivity contribution in [2.45, 2.75) is 13.5 Å². The quantitative estimate of drug-likeness (QED) is 0.776. The van der Waals surface area contributed by atoms with Gasteiger partial charge < -0.3 is 9.26 Å². The summed E-state index contributed by atoms with van der Waals surface area (Å²) in [4.78, 5) is 0. The topological polar surface area (TPSA) is 35.3 Å². The zero-order chi connectivity index (χ0) is 10.7. The molecule has 0 N–H and O–H groups in total. The van der Waals surface area contributed by atoms with E-state index >= 15 is 0 Å². The second-order valence-electron chi connectivity index (χ2n) is 3.15. The minimum atomic E-state index is -0.377. The van der Waals surface area contributed by atoms with Crippen molar-refractivity contribution in [1.29, 1.82) is 0 Å². The molecule has 0 spiro atoms. The van der Waals surface area contributed by atoms with Gasteiger partial charge in [0.2, 0.25) is 0 Å². The summed E-state index contributed by atoms with van der Waals surface area (Å²) in [6.45, 7) is 2.00. The molecule has 78 valence electrons. The van der Waals surface area contributed by atoms with Crippen LogP contribution in [-0.2, 0) is 6.61 Å². The van der Waals surface area contributed by atoms with Crippen LogP contribution in [0.4, 0.5) is 4.39 Å². The summed E-state index contributed by atoms with van der Waals surface area (Å²) in [6, 6.07) is 8.00. The first-order valence-electron chi connectivity index (χ1n) is 4.55. The highest BCUT2D eigenvalue weighted by molar-refractivity contribution is 5.23. The first-order chi connectivity index (χ1) is 7.25. The normalized spacial score (nSPS) is 10.3. The summed E-state index contributed by atoms with van der Waals surface area (Å²) < 4.78 is 23.2. The molecule has 0 amide bonds. The van der Waals surface area contributed by atoms with Gasteiger partial charge in [0.1, 0.15) is 18.1 Å². The van der Waals surface area contributed by atoms with Crippen molar-refractivity contribution >= 4 is 0 Å². The van der Waals surface area contributed by atoms with Crippen LogP contribution < -0.4 is 4.74 Å². The van der Waals surface area contributed by atoms with Gasteiger partial charge in [0, 0.05) is 6.07 Å². The number of aromatic nitrogens is 1. The maximum absolute atomic E-state index is 13.1. The molecule has 0 aliphatic rings. The summed E-state index contributed by atoms with van der Waals surface area (Å²) in [5.41, 5.74) is 0.649. The summed E-state index contributed by atoms with van der Waals surface area (Å²) in [6.07, 6.45) is 0. The van der Waals surface area contributed by atoms with Crippen molar-refractivity contribution in [3.63, 3.8) is 0 Å². The van der Waals surface area contributed by atoms with Crippen LogP contribution in [0.15, 0.2) is 34.9 Å². The largest absolute Gasteiger partial charge is 0.484 e. The molecule has 0 fully saturated rings. The Morgan fingerprint density at radius 2 is 2.20 bits per heavy atom. The van der Waals surface area contributed by atoms with Crippen LogP contribution in [0, 0.1) is 12.7 Å². The van der Waals surface area contributed by atoms with E-state index in [9.17, 15) is 4.39 Å². The molecular formula is C11H10FNO2. The van der Waals surface area contributed by atoms with Gasteiger partial charge in [0.25, 0.3) is 0 Å². The molecule has 0 aliphatic carbocycles. The lowest BCUT2D eigenvalue weighted by Gasteiger charge is -2.03. The maximum Gasteiger partial charge on any atom is 0.165 e. The Kier molecular flexibility index (Phi) is 2.67. The first-order valence-corrected chi connectivity index (χ1v) is 4.55. The van der Waals surface area contributed by atoms with Gasteiger partial charge in [-0.1, -0.05) is 17.3 Å². The maximum atomic E-state index is 13.1. The van der Waals surface area contributed by atoms with Gasteiger partial charge >= 0.3 is 0 Å². The van der Waals surface area contributed by atoms with Crippen LogP contribution in [0.1, 0.15) is 11.5 Å². The zero-order valence-corrected chi connectivity index (χ0v) is 8.24. The third-order valence-electron chi connectivity index (χ3n) is 1.89. The van der Waals surface area contributed by atoms with Crippen molar-refractivity contribution in [3.8, 4) is 5.75 Å². The Morgan fingerprint density at radius 3 is 2.87 bits per heavy atom. The molecule has 4 heteroatoms. The molecule has 15 heavy (non-hydrogen) atoms. The van der Waals surface area contributed by atoms with Gasteiger partial charge in [-0.3, -0.25) is 0 Å². The van der Waals surface area contributed by atoms with Gasteiger partial charge in [-0.25, -0.2) is 4.39 Å². The van der Waals surface area contributed by atoms with E-state index < -0.39 is 0 Å². The number of para-hydroxylation sites is 1. The fraction of sp³-hybridized carbons (Fsp3) is 0.182. The second kappa shape index (κ2) is 4.13. The van der Waals surface area contributed by atoms with Crippen LogP contribution in [0.5, 0.6) is 5.75 Å². The van der Waals surface area contributed by atoms with Gasteiger partial charge in [-0.2, -0.15) is 0 Å². The number of hydrogen-bond acceptors (Lipinski definition) is 3. The van der Waals surface area contributed by atoms with Crippen molar-refractivity contribution < 1.29 is 13.7 Å². The Balaban J connectivity index is 2.02. The van der Waals surface area contributed by atoms with Crippen molar-refractivity contribution in [2.24, 2.45) is 0 Å². The number of benzene rings is 1. The predicted octanol–water partition coefficient (Wildman–Crippen LogP) is 2.70. The highest BCUT2D eigenvalue weighted by Crippen LogP contribution is 2.16. The zero-order valence-electron chi connectivity index (χ0n) is 8.24. The molecule has 0 aliphatic heterocycles. The Labute approximate surface area is 86.5 Å². The van der Waals surface area contributed by atoms with Crippen LogP contribution in [0.25, 0.3) is 0 Å². The van der Waals surface area contributed by atoms with E-state index in [0.717, 1.165) is 0 Å².